The van der Waals surface area contributed by atoms with E-state index in [0.717, 1.165) is 0 Å². The lowest BCUT2D eigenvalue weighted by Gasteiger charge is -2.18. The highest BCUT2D eigenvalue weighted by molar-refractivity contribution is 6.34. The summed E-state index contributed by atoms with van der Waals surface area (Å²) in [6, 6.07) is 15.6. The highest BCUT2D eigenvalue weighted by atomic mass is 35.5. The van der Waals surface area contributed by atoms with Gasteiger partial charge in [0, 0.05) is 17.5 Å². The molecule has 1 heterocycles. The van der Waals surface area contributed by atoms with Gasteiger partial charge in [-0.1, -0.05) is 47.5 Å². The maximum absolute atomic E-state index is 12.8. The summed E-state index contributed by atoms with van der Waals surface area (Å²) in [5.41, 5.74) is 2.05. The molecule has 0 saturated carbocycles. The van der Waals surface area contributed by atoms with Crippen molar-refractivity contribution in [3.8, 4) is 5.69 Å². The smallest absolute Gasteiger partial charge is 0.261 e. The van der Waals surface area contributed by atoms with E-state index in [2.05, 4.69) is 5.32 Å². The van der Waals surface area contributed by atoms with Gasteiger partial charge in [0.2, 0.25) is 0 Å². The molecule has 0 saturated heterocycles. The minimum atomic E-state index is -0.513. The van der Waals surface area contributed by atoms with Gasteiger partial charge in [0.15, 0.2) is 5.43 Å². The van der Waals surface area contributed by atoms with E-state index < -0.39 is 5.91 Å². The third kappa shape index (κ3) is 3.39. The lowest BCUT2D eigenvalue weighted by Crippen LogP contribution is -2.26. The molecule has 0 aliphatic rings. The third-order valence-corrected chi connectivity index (χ3v) is 4.73. The number of para-hydroxylation sites is 2. The van der Waals surface area contributed by atoms with Gasteiger partial charge in [0.05, 0.1) is 21.4 Å². The first-order valence-corrected chi connectivity index (χ1v) is 8.70. The van der Waals surface area contributed by atoms with Gasteiger partial charge in [0.1, 0.15) is 5.56 Å². The number of pyridine rings is 1. The first kappa shape index (κ1) is 18.2. The van der Waals surface area contributed by atoms with Crippen LogP contribution in [0.2, 0.25) is 10.0 Å². The molecule has 3 rings (SSSR count). The lowest BCUT2D eigenvalue weighted by molar-refractivity contribution is 0.102. The topological polar surface area (TPSA) is 51.1 Å². The highest BCUT2D eigenvalue weighted by Crippen LogP contribution is 2.25. The van der Waals surface area contributed by atoms with Gasteiger partial charge < -0.3 is 9.88 Å². The second-order valence-electron chi connectivity index (χ2n) is 5.83. The molecule has 0 aliphatic heterocycles. The Hall–Kier alpha value is -2.56. The van der Waals surface area contributed by atoms with E-state index in [1.807, 2.05) is 18.2 Å². The molecule has 0 fully saturated rings. The number of nitrogens with one attached hydrogen (secondary N) is 1. The van der Waals surface area contributed by atoms with Gasteiger partial charge in [-0.2, -0.15) is 0 Å². The SMILES string of the molecule is Cc1cc(=O)c(C(=O)Nc2ccccc2Cl)c(C)n1-c1ccccc1Cl. The summed E-state index contributed by atoms with van der Waals surface area (Å²) in [4.78, 5) is 25.3. The van der Waals surface area contributed by atoms with Crippen molar-refractivity contribution in [1.82, 2.24) is 4.57 Å². The van der Waals surface area contributed by atoms with Crippen molar-refractivity contribution < 1.29 is 4.79 Å². The van der Waals surface area contributed by atoms with Crippen LogP contribution >= 0.6 is 23.2 Å². The van der Waals surface area contributed by atoms with Crippen LogP contribution in [0.4, 0.5) is 5.69 Å². The fraction of sp³-hybridized carbons (Fsp3) is 0.100. The summed E-state index contributed by atoms with van der Waals surface area (Å²) in [7, 11) is 0. The molecule has 0 aliphatic carbocycles. The fourth-order valence-corrected chi connectivity index (χ4v) is 3.31. The number of amides is 1. The number of carbonyl (C=O) groups excluding carboxylic acids is 1. The number of rotatable bonds is 3. The first-order valence-electron chi connectivity index (χ1n) is 7.94. The van der Waals surface area contributed by atoms with Crippen LogP contribution in [-0.2, 0) is 0 Å². The van der Waals surface area contributed by atoms with Gasteiger partial charge in [-0.25, -0.2) is 0 Å². The molecule has 3 aromatic rings. The van der Waals surface area contributed by atoms with E-state index in [9.17, 15) is 9.59 Å². The molecule has 26 heavy (non-hydrogen) atoms. The summed E-state index contributed by atoms with van der Waals surface area (Å²) in [6.07, 6.45) is 0. The van der Waals surface area contributed by atoms with E-state index in [0.29, 0.717) is 32.8 Å². The molecule has 0 radical (unpaired) electrons. The van der Waals surface area contributed by atoms with Crippen molar-refractivity contribution in [1.29, 1.82) is 0 Å². The Morgan fingerprint density at radius 1 is 0.962 bits per heavy atom. The zero-order valence-corrected chi connectivity index (χ0v) is 15.7. The van der Waals surface area contributed by atoms with Crippen LogP contribution < -0.4 is 10.7 Å². The van der Waals surface area contributed by atoms with Crippen molar-refractivity contribution in [2.45, 2.75) is 13.8 Å². The number of aromatic nitrogens is 1. The number of anilines is 1. The van der Waals surface area contributed by atoms with Crippen molar-refractivity contribution in [3.05, 3.63) is 91.8 Å². The third-order valence-electron chi connectivity index (χ3n) is 4.08. The molecular formula is C20H16Cl2N2O2. The van der Waals surface area contributed by atoms with Crippen LogP contribution in [0.15, 0.2) is 59.4 Å². The molecular weight excluding hydrogens is 371 g/mol. The largest absolute Gasteiger partial charge is 0.320 e. The van der Waals surface area contributed by atoms with Gasteiger partial charge in [-0.15, -0.1) is 0 Å². The number of carbonyl (C=O) groups is 1. The van der Waals surface area contributed by atoms with Crippen molar-refractivity contribution in [2.75, 3.05) is 5.32 Å². The van der Waals surface area contributed by atoms with E-state index in [4.69, 9.17) is 23.2 Å². The van der Waals surface area contributed by atoms with Crippen molar-refractivity contribution in [2.24, 2.45) is 0 Å². The zero-order valence-electron chi connectivity index (χ0n) is 14.2. The Morgan fingerprint density at radius 2 is 1.58 bits per heavy atom. The molecule has 1 aromatic heterocycles. The second kappa shape index (κ2) is 7.36. The van der Waals surface area contributed by atoms with E-state index >= 15 is 0 Å². The Kier molecular flexibility index (Phi) is 5.16. The number of aryl methyl sites for hydroxylation is 1. The average molecular weight is 387 g/mol. The Balaban J connectivity index is 2.13. The Morgan fingerprint density at radius 3 is 2.23 bits per heavy atom. The normalized spacial score (nSPS) is 10.6. The maximum Gasteiger partial charge on any atom is 0.261 e. The first-order chi connectivity index (χ1) is 12.4. The summed E-state index contributed by atoms with van der Waals surface area (Å²) >= 11 is 12.4. The van der Waals surface area contributed by atoms with Crippen molar-refractivity contribution >= 4 is 34.8 Å². The van der Waals surface area contributed by atoms with Crippen LogP contribution in [0.25, 0.3) is 5.69 Å². The molecule has 0 bridgehead atoms. The fourth-order valence-electron chi connectivity index (χ4n) is 2.91. The lowest BCUT2D eigenvalue weighted by atomic mass is 10.1. The number of nitrogens with zero attached hydrogens (tertiary/aromatic N) is 1. The monoisotopic (exact) mass is 386 g/mol. The molecule has 0 atom stereocenters. The maximum atomic E-state index is 12.8. The van der Waals surface area contributed by atoms with Crippen LogP contribution in [0.5, 0.6) is 0 Å². The molecule has 1 N–H and O–H groups in total. The molecule has 1 amide bonds. The van der Waals surface area contributed by atoms with Crippen LogP contribution in [0.1, 0.15) is 21.7 Å². The van der Waals surface area contributed by atoms with Gasteiger partial charge in [0.25, 0.3) is 5.91 Å². The van der Waals surface area contributed by atoms with E-state index in [1.165, 1.54) is 6.07 Å². The zero-order chi connectivity index (χ0) is 18.8. The Bertz CT molecular complexity index is 1060. The highest BCUT2D eigenvalue weighted by Gasteiger charge is 2.19. The second-order valence-corrected chi connectivity index (χ2v) is 6.65. The van der Waals surface area contributed by atoms with Gasteiger partial charge in [-0.05, 0) is 38.1 Å². The molecule has 2 aromatic carbocycles. The van der Waals surface area contributed by atoms with E-state index in [1.54, 1.807) is 48.7 Å². The average Bonchev–Trinajstić information content (AvgIpc) is 2.58. The van der Waals surface area contributed by atoms with Crippen molar-refractivity contribution in [3.63, 3.8) is 0 Å². The predicted molar refractivity (Wildman–Crippen MR) is 106 cm³/mol. The molecule has 132 valence electrons. The van der Waals surface area contributed by atoms with Crippen LogP contribution in [0.3, 0.4) is 0 Å². The number of benzene rings is 2. The predicted octanol–water partition coefficient (Wildman–Crippen LogP) is 5.01. The summed E-state index contributed by atoms with van der Waals surface area (Å²) in [5.74, 6) is -0.513. The number of halogens is 2. The van der Waals surface area contributed by atoms with Gasteiger partial charge >= 0.3 is 0 Å². The molecule has 4 nitrogen and oxygen atoms in total. The molecule has 6 heteroatoms. The molecule has 0 unspecified atom stereocenters. The minimum absolute atomic E-state index is 0.0513. The van der Waals surface area contributed by atoms with Crippen LogP contribution in [-0.4, -0.2) is 10.5 Å². The molecule has 0 spiro atoms. The van der Waals surface area contributed by atoms with Gasteiger partial charge in [-0.3, -0.25) is 9.59 Å². The summed E-state index contributed by atoms with van der Waals surface area (Å²) < 4.78 is 1.80. The van der Waals surface area contributed by atoms with E-state index in [-0.39, 0.29) is 11.0 Å². The summed E-state index contributed by atoms with van der Waals surface area (Å²) in [6.45, 7) is 3.52. The quantitative estimate of drug-likeness (QED) is 0.687. The van der Waals surface area contributed by atoms with Crippen LogP contribution in [0, 0.1) is 13.8 Å². The standard InChI is InChI=1S/C20H16Cl2N2O2/c1-12-11-18(25)19(20(26)23-16-9-5-3-7-14(16)21)13(2)24(12)17-10-6-4-8-15(17)22/h3-11H,1-2H3,(H,23,26). The number of hydrogen-bond donors (Lipinski definition) is 1. The Labute approximate surface area is 161 Å². The number of hydrogen-bond acceptors (Lipinski definition) is 2. The minimum Gasteiger partial charge on any atom is -0.320 e. The summed E-state index contributed by atoms with van der Waals surface area (Å²) in [5, 5.41) is 3.63.